The normalized spacial score (nSPS) is 11.5. The second kappa shape index (κ2) is 10.8. The predicted octanol–water partition coefficient (Wildman–Crippen LogP) is 6.02. The number of carbonyl (C=O) groups is 2. The van der Waals surface area contributed by atoms with E-state index >= 15 is 0 Å². The van der Waals surface area contributed by atoms with Crippen LogP contribution in [0.3, 0.4) is 0 Å². The molecule has 35 heavy (non-hydrogen) atoms. The fraction of sp³-hybridized carbons (Fsp3) is 0.107. The Balaban J connectivity index is 1.67. The van der Waals surface area contributed by atoms with Crippen molar-refractivity contribution in [3.05, 3.63) is 107 Å². The zero-order valence-electron chi connectivity index (χ0n) is 18.9. The summed E-state index contributed by atoms with van der Waals surface area (Å²) in [5.41, 5.74) is 4.00. The summed E-state index contributed by atoms with van der Waals surface area (Å²) in [6.07, 6.45) is -0.322. The summed E-state index contributed by atoms with van der Waals surface area (Å²) in [4.78, 5) is 29.2. The van der Waals surface area contributed by atoms with E-state index in [-0.39, 0.29) is 12.1 Å². The maximum Gasteiger partial charge on any atom is 0.305 e. The third kappa shape index (κ3) is 5.67. The Bertz CT molecular complexity index is 1360. The number of hydrogen-bond acceptors (Lipinski definition) is 4. The summed E-state index contributed by atoms with van der Waals surface area (Å²) >= 11 is 6.27. The van der Waals surface area contributed by atoms with Crippen LogP contribution in [0.5, 0.6) is 5.75 Å². The number of nitrogens with one attached hydrogen (secondary N) is 1. The number of carboxylic acids is 1. The van der Waals surface area contributed by atoms with Crippen molar-refractivity contribution in [2.45, 2.75) is 12.5 Å². The number of carboxylic acid groups (broad SMARTS) is 1. The Morgan fingerprint density at radius 1 is 0.914 bits per heavy atom. The quantitative estimate of drug-likeness (QED) is 0.318. The highest BCUT2D eigenvalue weighted by Crippen LogP contribution is 2.32. The summed E-state index contributed by atoms with van der Waals surface area (Å²) < 4.78 is 5.51. The van der Waals surface area contributed by atoms with Crippen LogP contribution in [0, 0.1) is 0 Å². The van der Waals surface area contributed by atoms with E-state index in [0.717, 1.165) is 16.7 Å². The summed E-state index contributed by atoms with van der Waals surface area (Å²) in [6, 6.07) is 27.0. The maximum atomic E-state index is 13.1. The van der Waals surface area contributed by atoms with Crippen LogP contribution in [0.2, 0.25) is 5.02 Å². The molecule has 1 unspecified atom stereocenters. The van der Waals surface area contributed by atoms with Gasteiger partial charge in [-0.25, -0.2) is 4.98 Å². The number of aromatic nitrogens is 1. The van der Waals surface area contributed by atoms with E-state index in [4.69, 9.17) is 16.3 Å². The van der Waals surface area contributed by atoms with E-state index in [0.29, 0.717) is 22.0 Å². The number of halogens is 1. The second-order valence-electron chi connectivity index (χ2n) is 7.84. The number of rotatable bonds is 8. The van der Waals surface area contributed by atoms with Gasteiger partial charge in [0, 0.05) is 10.6 Å². The van der Waals surface area contributed by atoms with Crippen molar-refractivity contribution in [2.24, 2.45) is 0 Å². The first-order chi connectivity index (χ1) is 17.0. The maximum absolute atomic E-state index is 13.1. The molecule has 0 saturated heterocycles. The number of carbonyl (C=O) groups excluding carboxylic acids is 1. The van der Waals surface area contributed by atoms with Crippen LogP contribution in [-0.2, 0) is 4.79 Å². The number of ether oxygens (including phenoxy) is 1. The van der Waals surface area contributed by atoms with Gasteiger partial charge in [-0.3, -0.25) is 9.59 Å². The minimum absolute atomic E-state index is 0.133. The van der Waals surface area contributed by atoms with Crippen LogP contribution in [0.15, 0.2) is 91.0 Å². The van der Waals surface area contributed by atoms with Crippen molar-refractivity contribution in [3.8, 4) is 28.1 Å². The Labute approximate surface area is 208 Å². The van der Waals surface area contributed by atoms with Gasteiger partial charge in [-0.1, -0.05) is 78.3 Å². The van der Waals surface area contributed by atoms with Crippen molar-refractivity contribution in [3.63, 3.8) is 0 Å². The number of nitrogens with zero attached hydrogens (tertiary/aromatic N) is 1. The van der Waals surface area contributed by atoms with Gasteiger partial charge in [-0.15, -0.1) is 0 Å². The molecular formula is C28H23ClN2O4. The molecule has 4 aromatic rings. The van der Waals surface area contributed by atoms with Crippen LogP contribution in [0.4, 0.5) is 0 Å². The lowest BCUT2D eigenvalue weighted by Gasteiger charge is -2.19. The highest BCUT2D eigenvalue weighted by molar-refractivity contribution is 6.31. The lowest BCUT2D eigenvalue weighted by atomic mass is 10.0. The predicted molar refractivity (Wildman–Crippen MR) is 136 cm³/mol. The molecule has 0 aliphatic rings. The van der Waals surface area contributed by atoms with Crippen molar-refractivity contribution < 1.29 is 19.4 Å². The molecule has 176 valence electrons. The van der Waals surface area contributed by atoms with Gasteiger partial charge < -0.3 is 15.2 Å². The summed E-state index contributed by atoms with van der Waals surface area (Å²) in [6.45, 7) is 0. The molecule has 0 fully saturated rings. The number of hydrogen-bond donors (Lipinski definition) is 2. The van der Waals surface area contributed by atoms with E-state index in [9.17, 15) is 14.7 Å². The molecule has 1 amide bonds. The van der Waals surface area contributed by atoms with Crippen LogP contribution < -0.4 is 10.1 Å². The van der Waals surface area contributed by atoms with Crippen molar-refractivity contribution in [1.29, 1.82) is 0 Å². The Morgan fingerprint density at radius 2 is 1.60 bits per heavy atom. The van der Waals surface area contributed by atoms with Gasteiger partial charge >= 0.3 is 5.97 Å². The average molecular weight is 487 g/mol. The molecular weight excluding hydrogens is 464 g/mol. The van der Waals surface area contributed by atoms with Gasteiger partial charge in [-0.2, -0.15) is 0 Å². The Kier molecular flexibility index (Phi) is 7.43. The molecule has 0 spiro atoms. The van der Waals surface area contributed by atoms with Crippen LogP contribution in [-0.4, -0.2) is 29.1 Å². The van der Waals surface area contributed by atoms with Gasteiger partial charge in [0.05, 0.1) is 19.6 Å². The molecule has 0 bridgehead atoms. The number of aliphatic carboxylic acids is 1. The highest BCUT2D eigenvalue weighted by atomic mass is 35.5. The molecule has 7 heteroatoms. The summed E-state index contributed by atoms with van der Waals surface area (Å²) in [5, 5.41) is 12.5. The molecule has 1 heterocycles. The van der Waals surface area contributed by atoms with Crippen molar-refractivity contribution >= 4 is 23.5 Å². The zero-order chi connectivity index (χ0) is 24.8. The van der Waals surface area contributed by atoms with E-state index in [1.807, 2.05) is 54.6 Å². The fourth-order valence-corrected chi connectivity index (χ4v) is 4.09. The highest BCUT2D eigenvalue weighted by Gasteiger charge is 2.22. The van der Waals surface area contributed by atoms with Gasteiger partial charge in [0.15, 0.2) is 0 Å². The Morgan fingerprint density at radius 3 is 2.31 bits per heavy atom. The monoisotopic (exact) mass is 486 g/mol. The van der Waals surface area contributed by atoms with E-state index in [1.165, 1.54) is 0 Å². The van der Waals surface area contributed by atoms with Crippen LogP contribution >= 0.6 is 11.6 Å². The first-order valence-electron chi connectivity index (χ1n) is 10.9. The lowest BCUT2D eigenvalue weighted by Crippen LogP contribution is -2.31. The van der Waals surface area contributed by atoms with Gasteiger partial charge in [0.2, 0.25) is 0 Å². The molecule has 0 aliphatic carbocycles. The van der Waals surface area contributed by atoms with Gasteiger partial charge in [0.25, 0.3) is 5.91 Å². The minimum atomic E-state index is -1.06. The van der Waals surface area contributed by atoms with Gasteiger partial charge in [0.1, 0.15) is 17.1 Å². The first-order valence-corrected chi connectivity index (χ1v) is 11.3. The topological polar surface area (TPSA) is 88.5 Å². The molecule has 0 radical (unpaired) electrons. The van der Waals surface area contributed by atoms with E-state index in [1.54, 1.807) is 43.5 Å². The standard InChI is InChI=1S/C28H23ClN2O4/c1-35-25-15-14-23(28(34)31-24(17-26(32)33)21-12-5-6-13-22(21)29)30-27(25)20-11-7-10-19(16-20)18-8-3-2-4-9-18/h2-16,24H,17H2,1H3,(H,31,34)(H,32,33). The smallest absolute Gasteiger partial charge is 0.305 e. The SMILES string of the molecule is COc1ccc(C(=O)NC(CC(=O)O)c2ccccc2Cl)nc1-c1cccc(-c2ccccc2)c1. The molecule has 1 aromatic heterocycles. The second-order valence-corrected chi connectivity index (χ2v) is 8.25. The fourth-order valence-electron chi connectivity index (χ4n) is 3.82. The Hall–Kier alpha value is -4.16. The molecule has 3 aromatic carbocycles. The number of methoxy groups -OCH3 is 1. The lowest BCUT2D eigenvalue weighted by molar-refractivity contribution is -0.137. The zero-order valence-corrected chi connectivity index (χ0v) is 19.7. The molecule has 2 N–H and O–H groups in total. The summed E-state index contributed by atoms with van der Waals surface area (Å²) in [7, 11) is 1.54. The first kappa shape index (κ1) is 24.0. The van der Waals surface area contributed by atoms with E-state index in [2.05, 4.69) is 10.3 Å². The van der Waals surface area contributed by atoms with Crippen LogP contribution in [0.25, 0.3) is 22.4 Å². The van der Waals surface area contributed by atoms with Crippen LogP contribution in [0.1, 0.15) is 28.5 Å². The number of amides is 1. The third-order valence-corrected chi connectivity index (χ3v) is 5.86. The molecule has 0 saturated carbocycles. The van der Waals surface area contributed by atoms with Gasteiger partial charge in [-0.05, 0) is 41.0 Å². The average Bonchev–Trinajstić information content (AvgIpc) is 2.88. The third-order valence-electron chi connectivity index (χ3n) is 5.52. The number of benzene rings is 3. The molecule has 0 aliphatic heterocycles. The number of pyridine rings is 1. The minimum Gasteiger partial charge on any atom is -0.494 e. The summed E-state index contributed by atoms with van der Waals surface area (Å²) in [5.74, 6) is -1.06. The van der Waals surface area contributed by atoms with E-state index < -0.39 is 17.9 Å². The molecule has 1 atom stereocenters. The molecule has 6 nitrogen and oxygen atoms in total. The van der Waals surface area contributed by atoms with Crippen molar-refractivity contribution in [2.75, 3.05) is 7.11 Å². The largest absolute Gasteiger partial charge is 0.494 e. The molecule has 4 rings (SSSR count). The van der Waals surface area contributed by atoms with Crippen molar-refractivity contribution in [1.82, 2.24) is 10.3 Å².